The van der Waals surface area contributed by atoms with Gasteiger partial charge in [0, 0.05) is 24.5 Å². The fourth-order valence-electron chi connectivity index (χ4n) is 5.18. The number of fused-ring (bicyclic) bond motifs is 1. The number of benzene rings is 2. The first-order valence-electron chi connectivity index (χ1n) is 12.5. The number of rotatable bonds is 5. The molecule has 6 rings (SSSR count). The van der Waals surface area contributed by atoms with E-state index in [0.717, 1.165) is 67.1 Å². The van der Waals surface area contributed by atoms with Gasteiger partial charge in [0.25, 0.3) is 11.5 Å². The summed E-state index contributed by atoms with van der Waals surface area (Å²) in [6, 6.07) is 9.79. The highest BCUT2D eigenvalue weighted by Gasteiger charge is 2.28. The van der Waals surface area contributed by atoms with Gasteiger partial charge in [0.15, 0.2) is 11.6 Å². The molecule has 0 bridgehead atoms. The molecule has 2 aliphatic rings. The predicted molar refractivity (Wildman–Crippen MR) is 136 cm³/mol. The van der Waals surface area contributed by atoms with E-state index in [1.807, 2.05) is 18.3 Å². The Kier molecular flexibility index (Phi) is 5.73. The lowest BCUT2D eigenvalue weighted by Crippen LogP contribution is -2.27. The van der Waals surface area contributed by atoms with E-state index in [4.69, 9.17) is 0 Å². The topological polar surface area (TPSA) is 85.1 Å². The molecule has 0 unspecified atom stereocenters. The fraction of sp³-hybridized carbons (Fsp3) is 0.333. The van der Waals surface area contributed by atoms with Crippen LogP contribution in [0.5, 0.6) is 0 Å². The average Bonchev–Trinajstić information content (AvgIpc) is 3.45. The summed E-state index contributed by atoms with van der Waals surface area (Å²) in [6.07, 6.45) is 6.32. The number of carbonyl (C=O) groups is 1. The Morgan fingerprint density at radius 1 is 1.03 bits per heavy atom. The molecule has 1 aliphatic carbocycles. The van der Waals surface area contributed by atoms with Crippen molar-refractivity contribution in [2.75, 3.05) is 23.3 Å². The number of nitrogens with one attached hydrogen (secondary N) is 1. The zero-order valence-electron chi connectivity index (χ0n) is 20.3. The second kappa shape index (κ2) is 9.10. The molecular formula is C27H26F2N6O2. The SMILES string of the molecule is C[C@H]1CCN(c2c(NC(=O)c3ccc(=O)n(-c4c(F)cccc4F)n3)ccc3c2cnn3C2CCC2)C1. The van der Waals surface area contributed by atoms with Gasteiger partial charge in [0.1, 0.15) is 11.4 Å². The van der Waals surface area contributed by atoms with E-state index in [1.165, 1.54) is 18.6 Å². The molecule has 10 heteroatoms. The van der Waals surface area contributed by atoms with Gasteiger partial charge in [-0.1, -0.05) is 13.0 Å². The number of anilines is 2. The zero-order chi connectivity index (χ0) is 25.7. The Balaban J connectivity index is 1.39. The molecular weight excluding hydrogens is 478 g/mol. The maximum Gasteiger partial charge on any atom is 0.276 e. The van der Waals surface area contributed by atoms with Gasteiger partial charge in [-0.15, -0.1) is 0 Å². The molecule has 2 aromatic carbocycles. The zero-order valence-corrected chi connectivity index (χ0v) is 20.3. The Bertz CT molecular complexity index is 1550. The van der Waals surface area contributed by atoms with E-state index in [9.17, 15) is 18.4 Å². The summed E-state index contributed by atoms with van der Waals surface area (Å²) in [5, 5.41) is 12.5. The van der Waals surface area contributed by atoms with Crippen molar-refractivity contribution in [2.45, 2.75) is 38.6 Å². The highest BCUT2D eigenvalue weighted by Crippen LogP contribution is 2.40. The molecule has 0 spiro atoms. The summed E-state index contributed by atoms with van der Waals surface area (Å²) in [6.45, 7) is 3.91. The van der Waals surface area contributed by atoms with Gasteiger partial charge >= 0.3 is 0 Å². The van der Waals surface area contributed by atoms with Gasteiger partial charge < -0.3 is 10.2 Å². The second-order valence-corrected chi connectivity index (χ2v) is 9.90. The van der Waals surface area contributed by atoms with Crippen molar-refractivity contribution >= 4 is 28.2 Å². The minimum Gasteiger partial charge on any atom is -0.369 e. The van der Waals surface area contributed by atoms with Crippen molar-refractivity contribution in [3.63, 3.8) is 0 Å². The van der Waals surface area contributed by atoms with Crippen molar-refractivity contribution in [3.05, 3.63) is 76.3 Å². The maximum atomic E-state index is 14.3. The third-order valence-electron chi connectivity index (χ3n) is 7.34. The molecule has 1 saturated carbocycles. The Morgan fingerprint density at radius 3 is 2.49 bits per heavy atom. The van der Waals surface area contributed by atoms with Crippen molar-refractivity contribution in [1.82, 2.24) is 19.6 Å². The largest absolute Gasteiger partial charge is 0.369 e. The Labute approximate surface area is 211 Å². The third kappa shape index (κ3) is 4.06. The number of aromatic nitrogens is 4. The number of nitrogens with zero attached hydrogens (tertiary/aromatic N) is 5. The minimum absolute atomic E-state index is 0.145. The number of carbonyl (C=O) groups excluding carboxylic acids is 1. The summed E-state index contributed by atoms with van der Waals surface area (Å²) < 4.78 is 31.3. The fourth-order valence-corrected chi connectivity index (χ4v) is 5.18. The van der Waals surface area contributed by atoms with E-state index in [2.05, 4.69) is 32.0 Å². The predicted octanol–water partition coefficient (Wildman–Crippen LogP) is 4.68. The molecule has 37 heavy (non-hydrogen) atoms. The van der Waals surface area contributed by atoms with Gasteiger partial charge in [-0.25, -0.2) is 8.78 Å². The molecule has 1 N–H and O–H groups in total. The van der Waals surface area contributed by atoms with Gasteiger partial charge in [-0.05, 0) is 61.9 Å². The summed E-state index contributed by atoms with van der Waals surface area (Å²) in [5.74, 6) is -1.98. The molecule has 3 heterocycles. The summed E-state index contributed by atoms with van der Waals surface area (Å²) in [7, 11) is 0. The van der Waals surface area contributed by atoms with E-state index in [-0.39, 0.29) is 5.69 Å². The van der Waals surface area contributed by atoms with E-state index < -0.39 is 28.8 Å². The molecule has 1 atom stereocenters. The lowest BCUT2D eigenvalue weighted by atomic mass is 9.93. The number of para-hydroxylation sites is 1. The normalized spacial score (nSPS) is 17.8. The summed E-state index contributed by atoms with van der Waals surface area (Å²) >= 11 is 0. The van der Waals surface area contributed by atoms with Crippen LogP contribution in [0.25, 0.3) is 16.6 Å². The van der Waals surface area contributed by atoms with Gasteiger partial charge in [0.05, 0.1) is 29.1 Å². The smallest absolute Gasteiger partial charge is 0.276 e. The number of hydrogen-bond acceptors (Lipinski definition) is 5. The molecule has 2 fully saturated rings. The number of amides is 1. The van der Waals surface area contributed by atoms with Crippen LogP contribution in [0.4, 0.5) is 20.2 Å². The van der Waals surface area contributed by atoms with Gasteiger partial charge in [0.2, 0.25) is 0 Å². The molecule has 2 aromatic heterocycles. The first kappa shape index (κ1) is 23.3. The first-order valence-corrected chi connectivity index (χ1v) is 12.5. The molecule has 8 nitrogen and oxygen atoms in total. The van der Waals surface area contributed by atoms with E-state index >= 15 is 0 Å². The summed E-state index contributed by atoms with van der Waals surface area (Å²) in [5.41, 5.74) is 0.994. The van der Waals surface area contributed by atoms with Crippen molar-refractivity contribution < 1.29 is 13.6 Å². The van der Waals surface area contributed by atoms with E-state index in [1.54, 1.807) is 0 Å². The van der Waals surface area contributed by atoms with Crippen LogP contribution < -0.4 is 15.8 Å². The monoisotopic (exact) mass is 504 g/mol. The Morgan fingerprint density at radius 2 is 1.81 bits per heavy atom. The van der Waals surface area contributed by atoms with Gasteiger partial charge in [-0.2, -0.15) is 14.9 Å². The lowest BCUT2D eigenvalue weighted by molar-refractivity contribution is 0.102. The average molecular weight is 505 g/mol. The highest BCUT2D eigenvalue weighted by molar-refractivity contribution is 6.08. The molecule has 190 valence electrons. The molecule has 1 saturated heterocycles. The number of halogens is 2. The quantitative estimate of drug-likeness (QED) is 0.427. The Hall–Kier alpha value is -4.08. The van der Waals surface area contributed by atoms with Crippen molar-refractivity contribution in [2.24, 2.45) is 5.92 Å². The molecule has 1 amide bonds. The molecule has 0 radical (unpaired) electrons. The maximum absolute atomic E-state index is 14.3. The van der Waals surface area contributed by atoms with Crippen LogP contribution in [-0.4, -0.2) is 38.6 Å². The van der Waals surface area contributed by atoms with Crippen LogP contribution in [0.2, 0.25) is 0 Å². The minimum atomic E-state index is -0.952. The van der Waals surface area contributed by atoms with Crippen LogP contribution in [0.3, 0.4) is 0 Å². The van der Waals surface area contributed by atoms with Gasteiger partial charge in [-0.3, -0.25) is 14.3 Å². The third-order valence-corrected chi connectivity index (χ3v) is 7.34. The van der Waals surface area contributed by atoms with Crippen LogP contribution in [0.1, 0.15) is 49.1 Å². The first-order chi connectivity index (χ1) is 17.9. The van der Waals surface area contributed by atoms with Crippen molar-refractivity contribution in [1.29, 1.82) is 0 Å². The van der Waals surface area contributed by atoms with Crippen LogP contribution >= 0.6 is 0 Å². The molecule has 4 aromatic rings. The highest BCUT2D eigenvalue weighted by atomic mass is 19.1. The standard InChI is InChI=1S/C27H26F2N6O2/c1-16-12-13-33(15-16)25-18-14-30-34(17-4-2-5-17)23(18)10-8-21(25)31-27(37)22-9-11-24(36)35(32-22)26-19(28)6-3-7-20(26)29/h3,6-11,14,16-17H,2,4-5,12-13,15H2,1H3,(H,31,37)/t16-/m0/s1. The van der Waals surface area contributed by atoms with Crippen LogP contribution in [-0.2, 0) is 0 Å². The molecule has 1 aliphatic heterocycles. The second-order valence-electron chi connectivity index (χ2n) is 9.90. The number of hydrogen-bond donors (Lipinski definition) is 1. The van der Waals surface area contributed by atoms with Crippen LogP contribution in [0.15, 0.2) is 53.5 Å². The van der Waals surface area contributed by atoms with Crippen molar-refractivity contribution in [3.8, 4) is 5.69 Å². The lowest BCUT2D eigenvalue weighted by Gasteiger charge is -2.27. The van der Waals surface area contributed by atoms with Crippen LogP contribution in [0, 0.1) is 17.6 Å². The van der Waals surface area contributed by atoms with E-state index in [0.29, 0.717) is 22.3 Å². The summed E-state index contributed by atoms with van der Waals surface area (Å²) in [4.78, 5) is 27.9.